The number of fused-ring (bicyclic) bond motifs is 1. The van der Waals surface area contributed by atoms with E-state index in [-0.39, 0.29) is 23.4 Å². The van der Waals surface area contributed by atoms with Crippen LogP contribution in [-0.4, -0.2) is 45.6 Å². The Bertz CT molecular complexity index is 335. The molecule has 0 aromatic carbocycles. The molecule has 2 saturated heterocycles. The molecule has 0 spiro atoms. The molecule has 0 unspecified atom stereocenters. The largest absolute Gasteiger partial charge is 0.414 e. The van der Waals surface area contributed by atoms with Gasteiger partial charge in [0.15, 0.2) is 14.1 Å². The van der Waals surface area contributed by atoms with Crippen molar-refractivity contribution in [2.75, 3.05) is 13.2 Å². The summed E-state index contributed by atoms with van der Waals surface area (Å²) in [5.74, 6) is -0.492. The van der Waals surface area contributed by atoms with Gasteiger partial charge in [-0.1, -0.05) is 20.8 Å². The van der Waals surface area contributed by atoms with Crippen LogP contribution in [0.3, 0.4) is 0 Å². The molecule has 0 bridgehead atoms. The summed E-state index contributed by atoms with van der Waals surface area (Å²) in [5.41, 5.74) is 0. The fraction of sp³-hybridized carbons (Fsp3) is 1.00. The van der Waals surface area contributed by atoms with Crippen LogP contribution >= 0.6 is 0 Å². The average molecular weight is 288 g/mol. The Morgan fingerprint density at radius 1 is 1.21 bits per heavy atom. The zero-order chi connectivity index (χ0) is 14.5. The molecule has 2 fully saturated rings. The van der Waals surface area contributed by atoms with Crippen LogP contribution in [0.25, 0.3) is 0 Å². The van der Waals surface area contributed by atoms with Crippen LogP contribution in [0.5, 0.6) is 0 Å². The first-order valence-corrected chi connectivity index (χ1v) is 10.0. The van der Waals surface area contributed by atoms with Gasteiger partial charge in [0.25, 0.3) is 0 Å². The van der Waals surface area contributed by atoms with Crippen LogP contribution in [0.4, 0.5) is 0 Å². The van der Waals surface area contributed by atoms with Gasteiger partial charge in [0.05, 0.1) is 13.2 Å². The average Bonchev–Trinajstić information content (AvgIpc) is 2.68. The van der Waals surface area contributed by atoms with Crippen LogP contribution in [0.2, 0.25) is 18.1 Å². The Morgan fingerprint density at radius 3 is 2.42 bits per heavy atom. The van der Waals surface area contributed by atoms with Crippen molar-refractivity contribution < 1.29 is 18.6 Å². The summed E-state index contributed by atoms with van der Waals surface area (Å²) in [6.45, 7) is 16.4. The molecule has 0 N–H and O–H groups in total. The minimum absolute atomic E-state index is 0.000833. The van der Waals surface area contributed by atoms with E-state index in [0.29, 0.717) is 13.2 Å². The molecule has 0 amide bonds. The van der Waals surface area contributed by atoms with Crippen molar-refractivity contribution in [2.24, 2.45) is 0 Å². The predicted octanol–water partition coefficient (Wildman–Crippen LogP) is 2.93. The lowest BCUT2D eigenvalue weighted by atomic mass is 10.2. The second kappa shape index (κ2) is 4.81. The van der Waals surface area contributed by atoms with Crippen molar-refractivity contribution in [3.63, 3.8) is 0 Å². The first-order valence-electron chi connectivity index (χ1n) is 7.13. The molecule has 2 heterocycles. The maximum absolute atomic E-state index is 6.23. The summed E-state index contributed by atoms with van der Waals surface area (Å²) in [6, 6.07) is 0. The fourth-order valence-electron chi connectivity index (χ4n) is 2.27. The van der Waals surface area contributed by atoms with Crippen molar-refractivity contribution in [1.29, 1.82) is 0 Å². The van der Waals surface area contributed by atoms with Crippen molar-refractivity contribution >= 4 is 8.32 Å². The van der Waals surface area contributed by atoms with E-state index in [1.807, 2.05) is 13.8 Å². The van der Waals surface area contributed by atoms with Gasteiger partial charge in [0, 0.05) is 0 Å². The maximum Gasteiger partial charge on any atom is 0.192 e. The molecule has 2 aliphatic rings. The Kier molecular flexibility index (Phi) is 3.91. The molecule has 4 nitrogen and oxygen atoms in total. The highest BCUT2D eigenvalue weighted by molar-refractivity contribution is 6.74. The van der Waals surface area contributed by atoms with Gasteiger partial charge in [0.2, 0.25) is 0 Å². The molecule has 0 aromatic heterocycles. The Balaban J connectivity index is 1.91. The van der Waals surface area contributed by atoms with Crippen molar-refractivity contribution in [3.8, 4) is 0 Å². The highest BCUT2D eigenvalue weighted by atomic mass is 28.4. The molecular weight excluding hydrogens is 260 g/mol. The number of rotatable bonds is 3. The van der Waals surface area contributed by atoms with Crippen molar-refractivity contribution in [3.05, 3.63) is 0 Å². The number of hydrogen-bond acceptors (Lipinski definition) is 4. The minimum Gasteiger partial charge on any atom is -0.414 e. The van der Waals surface area contributed by atoms with Gasteiger partial charge in [-0.3, -0.25) is 0 Å². The van der Waals surface area contributed by atoms with Crippen molar-refractivity contribution in [2.45, 2.75) is 76.8 Å². The minimum atomic E-state index is -1.73. The SMILES string of the molecule is CC1(C)O[C@H]2[C@H](CO[Si](C)(C)C(C)(C)C)OC[C@H]2O1. The van der Waals surface area contributed by atoms with Crippen molar-refractivity contribution in [1.82, 2.24) is 0 Å². The van der Waals surface area contributed by atoms with E-state index in [0.717, 1.165) is 0 Å². The van der Waals surface area contributed by atoms with Gasteiger partial charge in [-0.2, -0.15) is 0 Å². The van der Waals surface area contributed by atoms with Crippen LogP contribution in [-0.2, 0) is 18.6 Å². The topological polar surface area (TPSA) is 36.9 Å². The highest BCUT2D eigenvalue weighted by Gasteiger charge is 2.50. The summed E-state index contributed by atoms with van der Waals surface area (Å²) in [6.07, 6.45) is 0.0729. The monoisotopic (exact) mass is 288 g/mol. The van der Waals surface area contributed by atoms with Crippen LogP contribution in [0.1, 0.15) is 34.6 Å². The van der Waals surface area contributed by atoms with E-state index >= 15 is 0 Å². The zero-order valence-corrected chi connectivity index (χ0v) is 14.3. The lowest BCUT2D eigenvalue weighted by Gasteiger charge is -2.37. The van der Waals surface area contributed by atoms with Gasteiger partial charge < -0.3 is 18.6 Å². The van der Waals surface area contributed by atoms with E-state index in [1.54, 1.807) is 0 Å². The van der Waals surface area contributed by atoms with Crippen LogP contribution in [0.15, 0.2) is 0 Å². The lowest BCUT2D eigenvalue weighted by Crippen LogP contribution is -2.44. The first kappa shape index (κ1) is 15.4. The van der Waals surface area contributed by atoms with Gasteiger partial charge >= 0.3 is 0 Å². The maximum atomic E-state index is 6.23. The summed E-state index contributed by atoms with van der Waals surface area (Å²) in [4.78, 5) is 0. The lowest BCUT2D eigenvalue weighted by molar-refractivity contribution is -0.177. The molecule has 19 heavy (non-hydrogen) atoms. The second-order valence-corrected chi connectivity index (χ2v) is 12.4. The smallest absolute Gasteiger partial charge is 0.192 e. The van der Waals surface area contributed by atoms with E-state index in [4.69, 9.17) is 18.6 Å². The molecule has 0 radical (unpaired) electrons. The van der Waals surface area contributed by atoms with Gasteiger partial charge in [-0.05, 0) is 32.0 Å². The molecule has 112 valence electrons. The quantitative estimate of drug-likeness (QED) is 0.748. The standard InChI is InChI=1S/C14H28O4Si/c1-13(2,3)19(6,7)16-9-10-12-11(8-15-10)17-14(4,5)18-12/h10-12H,8-9H2,1-7H3/t10-,11+,12-/m0/s1. The van der Waals surface area contributed by atoms with Gasteiger partial charge in [-0.25, -0.2) is 0 Å². The molecule has 0 aliphatic carbocycles. The Morgan fingerprint density at radius 2 is 1.84 bits per heavy atom. The Labute approximate surface area is 117 Å². The summed E-state index contributed by atoms with van der Waals surface area (Å²) < 4.78 is 23.7. The molecule has 2 rings (SSSR count). The highest BCUT2D eigenvalue weighted by Crippen LogP contribution is 2.39. The van der Waals surface area contributed by atoms with Gasteiger partial charge in [-0.15, -0.1) is 0 Å². The van der Waals surface area contributed by atoms with Crippen LogP contribution in [0, 0.1) is 0 Å². The molecule has 3 atom stereocenters. The molecule has 2 aliphatic heterocycles. The normalized spacial score (nSPS) is 34.6. The van der Waals surface area contributed by atoms with E-state index in [1.165, 1.54) is 0 Å². The number of ether oxygens (including phenoxy) is 3. The predicted molar refractivity (Wildman–Crippen MR) is 76.7 cm³/mol. The summed E-state index contributed by atoms with van der Waals surface area (Å²) in [5, 5.41) is 0.220. The zero-order valence-electron chi connectivity index (χ0n) is 13.3. The first-order chi connectivity index (χ1) is 8.52. The van der Waals surface area contributed by atoms with E-state index in [2.05, 4.69) is 33.9 Å². The van der Waals surface area contributed by atoms with E-state index < -0.39 is 14.1 Å². The third-order valence-electron chi connectivity index (χ3n) is 4.48. The van der Waals surface area contributed by atoms with Crippen LogP contribution < -0.4 is 0 Å². The fourth-order valence-corrected chi connectivity index (χ4v) is 3.28. The summed E-state index contributed by atoms with van der Waals surface area (Å²) in [7, 11) is -1.73. The second-order valence-electron chi connectivity index (χ2n) is 7.58. The molecular formula is C14H28O4Si. The molecule has 5 heteroatoms. The Hall–Kier alpha value is 0.0569. The van der Waals surface area contributed by atoms with Gasteiger partial charge in [0.1, 0.15) is 18.3 Å². The summed E-state index contributed by atoms with van der Waals surface area (Å²) >= 11 is 0. The molecule has 0 saturated carbocycles. The molecule has 0 aromatic rings. The number of hydrogen-bond donors (Lipinski definition) is 0. The van der Waals surface area contributed by atoms with E-state index in [9.17, 15) is 0 Å². The third kappa shape index (κ3) is 3.21. The third-order valence-corrected chi connectivity index (χ3v) is 8.98.